The van der Waals surface area contributed by atoms with Gasteiger partial charge < -0.3 is 20.1 Å². The van der Waals surface area contributed by atoms with Crippen molar-refractivity contribution < 1.29 is 23.4 Å². The van der Waals surface area contributed by atoms with Gasteiger partial charge in [0.1, 0.15) is 5.69 Å². The smallest absolute Gasteiger partial charge is 0.354 e. The first-order valence-corrected chi connectivity index (χ1v) is 10.7. The van der Waals surface area contributed by atoms with Crippen LogP contribution in [-0.4, -0.2) is 47.2 Å². The minimum absolute atomic E-state index is 0.0792. The first-order chi connectivity index (χ1) is 15.0. The van der Waals surface area contributed by atoms with E-state index in [1.807, 2.05) is 18.2 Å². The SMILES string of the molecule is CC(C)(C)[N-]Cc1ccccc1.O=C(O)c1ccc(N2CC(F)(F)C2)c(OCC2CC2)n1. The van der Waals surface area contributed by atoms with Crippen molar-refractivity contribution in [2.75, 3.05) is 24.6 Å². The number of aromatic nitrogens is 1. The van der Waals surface area contributed by atoms with Gasteiger partial charge in [0, 0.05) is 0 Å². The van der Waals surface area contributed by atoms with E-state index in [9.17, 15) is 13.6 Å². The Labute approximate surface area is 187 Å². The van der Waals surface area contributed by atoms with E-state index in [-0.39, 0.29) is 30.2 Å². The van der Waals surface area contributed by atoms with Crippen molar-refractivity contribution in [3.63, 3.8) is 0 Å². The number of ether oxygens (including phenoxy) is 1. The van der Waals surface area contributed by atoms with Crippen LogP contribution < -0.4 is 9.64 Å². The molecular formula is C24H30F2N3O3-. The van der Waals surface area contributed by atoms with E-state index in [1.54, 1.807) is 0 Å². The van der Waals surface area contributed by atoms with Crippen LogP contribution in [-0.2, 0) is 6.54 Å². The van der Waals surface area contributed by atoms with Crippen LogP contribution in [0.3, 0.4) is 0 Å². The van der Waals surface area contributed by atoms with Crippen LogP contribution >= 0.6 is 0 Å². The quantitative estimate of drug-likeness (QED) is 0.618. The number of nitrogens with zero attached hydrogens (tertiary/aromatic N) is 3. The molecule has 8 heteroatoms. The van der Waals surface area contributed by atoms with Crippen molar-refractivity contribution in [2.45, 2.75) is 51.6 Å². The van der Waals surface area contributed by atoms with E-state index < -0.39 is 11.9 Å². The number of halogens is 2. The molecule has 1 saturated heterocycles. The fourth-order valence-corrected chi connectivity index (χ4v) is 2.97. The fraction of sp³-hybridized carbons (Fsp3) is 0.500. The van der Waals surface area contributed by atoms with Crippen LogP contribution in [0, 0.1) is 5.92 Å². The fourth-order valence-electron chi connectivity index (χ4n) is 2.97. The van der Waals surface area contributed by atoms with Crippen LogP contribution in [0.4, 0.5) is 14.5 Å². The van der Waals surface area contributed by atoms with Gasteiger partial charge in [0.05, 0.1) is 19.7 Å². The summed E-state index contributed by atoms with van der Waals surface area (Å²) in [6, 6.07) is 13.1. The van der Waals surface area contributed by atoms with Crippen LogP contribution in [0.1, 0.15) is 49.7 Å². The number of carboxylic acids is 1. The molecule has 1 aromatic heterocycles. The first-order valence-electron chi connectivity index (χ1n) is 10.7. The minimum atomic E-state index is -2.70. The lowest BCUT2D eigenvalue weighted by atomic mass is 10.1. The Kier molecular flexibility index (Phi) is 7.33. The van der Waals surface area contributed by atoms with E-state index in [0.717, 1.165) is 19.4 Å². The zero-order chi connectivity index (χ0) is 23.4. The molecule has 6 nitrogen and oxygen atoms in total. The van der Waals surface area contributed by atoms with Gasteiger partial charge in [-0.3, -0.25) is 0 Å². The lowest BCUT2D eigenvalue weighted by molar-refractivity contribution is -0.0265. The maximum Gasteiger partial charge on any atom is 0.354 e. The molecule has 0 amide bonds. The molecule has 0 bridgehead atoms. The molecule has 0 unspecified atom stereocenters. The molecule has 0 radical (unpaired) electrons. The largest absolute Gasteiger partial charge is 0.654 e. The van der Waals surface area contributed by atoms with Crippen molar-refractivity contribution in [1.29, 1.82) is 0 Å². The third kappa shape index (κ3) is 7.44. The van der Waals surface area contributed by atoms with E-state index in [2.05, 4.69) is 43.2 Å². The van der Waals surface area contributed by atoms with Gasteiger partial charge in [-0.15, -0.1) is 12.1 Å². The maximum absolute atomic E-state index is 12.9. The van der Waals surface area contributed by atoms with Gasteiger partial charge in [0.2, 0.25) is 5.88 Å². The molecule has 2 heterocycles. The molecule has 1 aromatic carbocycles. The zero-order valence-electron chi connectivity index (χ0n) is 18.7. The topological polar surface area (TPSA) is 76.8 Å². The second-order valence-corrected chi connectivity index (χ2v) is 9.26. The summed E-state index contributed by atoms with van der Waals surface area (Å²) in [6.07, 6.45) is 2.16. The second-order valence-electron chi connectivity index (χ2n) is 9.26. The third-order valence-corrected chi connectivity index (χ3v) is 4.98. The number of hydrogen-bond donors (Lipinski definition) is 1. The monoisotopic (exact) mass is 446 g/mol. The Hall–Kier alpha value is -2.74. The molecule has 1 aliphatic heterocycles. The normalized spacial score (nSPS) is 17.1. The lowest BCUT2D eigenvalue weighted by Gasteiger charge is -2.40. The highest BCUT2D eigenvalue weighted by molar-refractivity contribution is 5.86. The second kappa shape index (κ2) is 9.81. The summed E-state index contributed by atoms with van der Waals surface area (Å²) in [5.74, 6) is -3.26. The van der Waals surface area contributed by atoms with Crippen molar-refractivity contribution >= 4 is 11.7 Å². The van der Waals surface area contributed by atoms with Gasteiger partial charge in [-0.25, -0.2) is 18.6 Å². The summed E-state index contributed by atoms with van der Waals surface area (Å²) >= 11 is 0. The molecular weight excluding hydrogens is 416 g/mol. The lowest BCUT2D eigenvalue weighted by Crippen LogP contribution is -2.56. The minimum Gasteiger partial charge on any atom is -0.654 e. The van der Waals surface area contributed by atoms with Crippen LogP contribution in [0.2, 0.25) is 0 Å². The number of hydrogen-bond acceptors (Lipinski definition) is 4. The number of rotatable bonds is 7. The Morgan fingerprint density at radius 2 is 1.84 bits per heavy atom. The molecule has 1 saturated carbocycles. The number of anilines is 1. The third-order valence-electron chi connectivity index (χ3n) is 4.98. The standard InChI is InChI=1S/C13H14F2N2O3.C11H16N/c14-13(15)6-17(7-13)10-4-3-9(12(18)19)16-11(10)20-5-8-1-2-8;1-11(2,3)12-9-10-7-5-4-6-8-10/h3-4,8H,1-2,5-7H2,(H,18,19);4-8H,9H2,1-3H3/q;-1. The van der Waals surface area contributed by atoms with Crippen molar-refractivity contribution in [3.05, 3.63) is 59.0 Å². The van der Waals surface area contributed by atoms with E-state index in [1.165, 1.54) is 22.6 Å². The molecule has 4 rings (SSSR count). The molecule has 2 aromatic rings. The van der Waals surface area contributed by atoms with Gasteiger partial charge in [-0.2, -0.15) is 0 Å². The highest BCUT2D eigenvalue weighted by atomic mass is 19.3. The molecule has 32 heavy (non-hydrogen) atoms. The Morgan fingerprint density at radius 1 is 1.19 bits per heavy atom. The zero-order valence-corrected chi connectivity index (χ0v) is 18.7. The van der Waals surface area contributed by atoms with Crippen LogP contribution in [0.5, 0.6) is 5.88 Å². The Morgan fingerprint density at radius 3 is 2.38 bits per heavy atom. The number of alkyl halides is 2. The van der Waals surface area contributed by atoms with E-state index >= 15 is 0 Å². The first kappa shape index (κ1) is 23.9. The molecule has 1 aliphatic carbocycles. The van der Waals surface area contributed by atoms with Gasteiger partial charge in [-0.05, 0) is 30.9 Å². The van der Waals surface area contributed by atoms with Gasteiger partial charge >= 0.3 is 5.97 Å². The van der Waals surface area contributed by atoms with Gasteiger partial charge in [-0.1, -0.05) is 56.7 Å². The summed E-state index contributed by atoms with van der Waals surface area (Å²) in [5.41, 5.74) is 1.65. The van der Waals surface area contributed by atoms with Crippen molar-refractivity contribution in [3.8, 4) is 5.88 Å². The molecule has 2 fully saturated rings. The molecule has 2 aliphatic rings. The maximum atomic E-state index is 12.9. The predicted octanol–water partition coefficient (Wildman–Crippen LogP) is 5.38. The summed E-state index contributed by atoms with van der Waals surface area (Å²) < 4.78 is 31.4. The summed E-state index contributed by atoms with van der Waals surface area (Å²) in [6.45, 7) is 6.86. The molecule has 174 valence electrons. The number of pyridine rings is 1. The van der Waals surface area contributed by atoms with Gasteiger partial charge in [0.25, 0.3) is 5.92 Å². The van der Waals surface area contributed by atoms with Gasteiger partial charge in [0.15, 0.2) is 5.69 Å². The van der Waals surface area contributed by atoms with Crippen molar-refractivity contribution in [1.82, 2.24) is 4.98 Å². The average molecular weight is 447 g/mol. The molecule has 0 atom stereocenters. The molecule has 1 N–H and O–H groups in total. The number of carboxylic acid groups (broad SMARTS) is 1. The predicted molar refractivity (Wildman–Crippen MR) is 120 cm³/mol. The number of aromatic carboxylic acids is 1. The van der Waals surface area contributed by atoms with Crippen LogP contribution in [0.15, 0.2) is 42.5 Å². The highest BCUT2D eigenvalue weighted by Crippen LogP contribution is 2.37. The van der Waals surface area contributed by atoms with E-state index in [4.69, 9.17) is 9.84 Å². The Balaban J connectivity index is 0.000000207. The number of benzene rings is 1. The molecule has 0 spiro atoms. The number of carbonyl (C=O) groups is 1. The average Bonchev–Trinajstić information content (AvgIpc) is 3.54. The summed E-state index contributed by atoms with van der Waals surface area (Å²) in [4.78, 5) is 16.3. The summed E-state index contributed by atoms with van der Waals surface area (Å²) in [5, 5.41) is 13.5. The summed E-state index contributed by atoms with van der Waals surface area (Å²) in [7, 11) is 0. The van der Waals surface area contributed by atoms with E-state index in [0.29, 0.717) is 18.2 Å². The van der Waals surface area contributed by atoms with Crippen LogP contribution in [0.25, 0.3) is 5.32 Å². The highest BCUT2D eigenvalue weighted by Gasteiger charge is 2.45. The van der Waals surface area contributed by atoms with Crippen molar-refractivity contribution in [2.24, 2.45) is 5.92 Å². The Bertz CT molecular complexity index is 904.